The zero-order valence-corrected chi connectivity index (χ0v) is 24.0. The van der Waals surface area contributed by atoms with Crippen molar-refractivity contribution in [3.63, 3.8) is 0 Å². The van der Waals surface area contributed by atoms with E-state index in [0.717, 1.165) is 40.4 Å². The highest BCUT2D eigenvalue weighted by Gasteiger charge is 2.43. The van der Waals surface area contributed by atoms with Crippen LogP contribution in [0, 0.1) is 0 Å². The van der Waals surface area contributed by atoms with Crippen molar-refractivity contribution in [2.75, 3.05) is 26.7 Å². The molecule has 42 heavy (non-hydrogen) atoms. The Bertz CT molecular complexity index is 1600. The van der Waals surface area contributed by atoms with Crippen LogP contribution in [0.4, 0.5) is 8.78 Å². The largest absolute Gasteiger partial charge is 0.496 e. The van der Waals surface area contributed by atoms with E-state index in [4.69, 9.17) is 9.47 Å². The second kappa shape index (κ2) is 11.0. The molecule has 7 nitrogen and oxygen atoms in total. The SMILES string of the molecule is COc1ccccc1[C@H]1CC(=O)C2=C(C1)NC(C)=C(C(=O)OC1CCN(CC(C)(F)F)C1)C2c1cccc2[nH]ccc12. The molecular formula is C33H35F2N3O4. The van der Waals surface area contributed by atoms with Gasteiger partial charge in [0, 0.05) is 72.3 Å². The van der Waals surface area contributed by atoms with Crippen molar-refractivity contribution in [3.05, 3.63) is 88.4 Å². The van der Waals surface area contributed by atoms with Crippen molar-refractivity contribution in [1.29, 1.82) is 0 Å². The van der Waals surface area contributed by atoms with Gasteiger partial charge in [0.1, 0.15) is 11.9 Å². The van der Waals surface area contributed by atoms with Gasteiger partial charge >= 0.3 is 5.97 Å². The summed E-state index contributed by atoms with van der Waals surface area (Å²) in [5.41, 5.74) is 5.10. The quantitative estimate of drug-likeness (QED) is 0.346. The fourth-order valence-electron chi connectivity index (χ4n) is 6.85. The van der Waals surface area contributed by atoms with E-state index in [1.807, 2.05) is 61.7 Å². The van der Waals surface area contributed by atoms with Gasteiger partial charge in [-0.3, -0.25) is 9.69 Å². The van der Waals surface area contributed by atoms with Crippen molar-refractivity contribution >= 4 is 22.7 Å². The molecule has 3 heterocycles. The predicted octanol–water partition coefficient (Wildman–Crippen LogP) is 5.81. The summed E-state index contributed by atoms with van der Waals surface area (Å²) in [5.74, 6) is -3.35. The van der Waals surface area contributed by atoms with Gasteiger partial charge < -0.3 is 19.8 Å². The van der Waals surface area contributed by atoms with E-state index in [0.29, 0.717) is 36.2 Å². The minimum absolute atomic E-state index is 0.0350. The zero-order chi connectivity index (χ0) is 29.6. The molecule has 2 aromatic carbocycles. The topological polar surface area (TPSA) is 83.7 Å². The summed E-state index contributed by atoms with van der Waals surface area (Å²) in [5, 5.41) is 4.33. The van der Waals surface area contributed by atoms with Gasteiger partial charge in [0.2, 0.25) is 0 Å². The number of halogens is 2. The number of ketones is 1. The number of esters is 1. The molecule has 0 amide bonds. The Morgan fingerprint density at radius 1 is 1.10 bits per heavy atom. The number of dihydropyridines is 1. The molecule has 6 rings (SSSR count). The van der Waals surface area contributed by atoms with Crippen molar-refractivity contribution < 1.29 is 27.8 Å². The van der Waals surface area contributed by atoms with Crippen molar-refractivity contribution in [3.8, 4) is 5.75 Å². The number of hydrogen-bond donors (Lipinski definition) is 2. The van der Waals surface area contributed by atoms with Crippen LogP contribution < -0.4 is 10.1 Å². The van der Waals surface area contributed by atoms with E-state index >= 15 is 0 Å². The maximum Gasteiger partial charge on any atom is 0.337 e. The second-order valence-corrected chi connectivity index (χ2v) is 11.7. The third kappa shape index (κ3) is 5.33. The number of ether oxygens (including phenoxy) is 2. The molecule has 3 atom stereocenters. The van der Waals surface area contributed by atoms with Gasteiger partial charge in [-0.05, 0) is 49.1 Å². The summed E-state index contributed by atoms with van der Waals surface area (Å²) in [6.45, 7) is 3.04. The molecule has 0 bridgehead atoms. The average molecular weight is 576 g/mol. The number of hydrogen-bond acceptors (Lipinski definition) is 6. The molecule has 220 valence electrons. The number of allylic oxidation sites excluding steroid dienone is 3. The van der Waals surface area contributed by atoms with Crippen molar-refractivity contribution in [1.82, 2.24) is 15.2 Å². The van der Waals surface area contributed by atoms with Gasteiger partial charge in [-0.25, -0.2) is 13.6 Å². The number of rotatable bonds is 7. The summed E-state index contributed by atoms with van der Waals surface area (Å²) in [6, 6.07) is 15.5. The van der Waals surface area contributed by atoms with Crippen LogP contribution in [0.25, 0.3) is 10.9 Å². The van der Waals surface area contributed by atoms with E-state index in [9.17, 15) is 18.4 Å². The number of carbonyl (C=O) groups is 2. The number of aromatic nitrogens is 1. The molecule has 9 heteroatoms. The number of likely N-dealkylation sites (tertiary alicyclic amines) is 1. The highest BCUT2D eigenvalue weighted by molar-refractivity contribution is 6.05. The molecular weight excluding hydrogens is 540 g/mol. The van der Waals surface area contributed by atoms with Crippen molar-refractivity contribution in [2.45, 2.75) is 57.0 Å². The fourth-order valence-corrected chi connectivity index (χ4v) is 6.85. The van der Waals surface area contributed by atoms with Crippen molar-refractivity contribution in [2.24, 2.45) is 0 Å². The standard InChI is InChI=1S/C33H35F2N3O4/c1-19-29(32(40)42-21-12-14-38(17-21)18-33(2,34)35)30(24-8-6-9-25-23(24)11-13-36-25)31-26(37-19)15-20(16-27(31)39)22-7-4-5-10-28(22)41-3/h4-11,13,20-21,30,36-37H,12,14-18H2,1-3H3/t20-,21?,30?/m1/s1. The van der Waals surface area contributed by atoms with Crippen LogP contribution in [-0.4, -0.2) is 60.4 Å². The number of para-hydroxylation sites is 1. The lowest BCUT2D eigenvalue weighted by molar-refractivity contribution is -0.144. The summed E-state index contributed by atoms with van der Waals surface area (Å²) < 4.78 is 38.8. The van der Waals surface area contributed by atoms with E-state index in [-0.39, 0.29) is 31.2 Å². The number of methoxy groups -OCH3 is 1. The summed E-state index contributed by atoms with van der Waals surface area (Å²) in [6.07, 6.45) is 2.69. The highest BCUT2D eigenvalue weighted by Crippen LogP contribution is 2.48. The number of carbonyl (C=O) groups excluding carboxylic acids is 2. The molecule has 1 fully saturated rings. The van der Waals surface area contributed by atoms with Crippen LogP contribution in [0.15, 0.2) is 77.3 Å². The number of fused-ring (bicyclic) bond motifs is 1. The number of aromatic amines is 1. The van der Waals surface area contributed by atoms with Crippen LogP contribution in [0.3, 0.4) is 0 Å². The lowest BCUT2D eigenvalue weighted by atomic mass is 9.71. The molecule has 0 radical (unpaired) electrons. The Labute approximate surface area is 243 Å². The second-order valence-electron chi connectivity index (χ2n) is 11.7. The van der Waals surface area contributed by atoms with E-state index < -0.39 is 23.9 Å². The molecule has 1 saturated heterocycles. The number of nitrogens with zero attached hydrogens (tertiary/aromatic N) is 1. The maximum atomic E-state index is 14.1. The third-order valence-corrected chi connectivity index (χ3v) is 8.57. The number of benzene rings is 2. The number of alkyl halides is 2. The first-order chi connectivity index (χ1) is 20.1. The van der Waals surface area contributed by atoms with Crippen LogP contribution in [0.5, 0.6) is 5.75 Å². The smallest absolute Gasteiger partial charge is 0.337 e. The molecule has 2 unspecified atom stereocenters. The van der Waals surface area contributed by atoms with Crippen LogP contribution in [0.1, 0.15) is 56.1 Å². The minimum atomic E-state index is -2.82. The summed E-state index contributed by atoms with van der Waals surface area (Å²) >= 11 is 0. The van der Waals surface area contributed by atoms with Crippen LogP contribution >= 0.6 is 0 Å². The van der Waals surface area contributed by atoms with E-state index in [1.165, 1.54) is 0 Å². The van der Waals surface area contributed by atoms with Gasteiger partial charge in [-0.15, -0.1) is 0 Å². The molecule has 0 spiro atoms. The average Bonchev–Trinajstić information content (AvgIpc) is 3.60. The number of H-pyrrole nitrogens is 1. The Morgan fingerprint density at radius 2 is 1.88 bits per heavy atom. The molecule has 3 aromatic rings. The Kier molecular flexibility index (Phi) is 7.39. The summed E-state index contributed by atoms with van der Waals surface area (Å²) in [7, 11) is 1.63. The lowest BCUT2D eigenvalue weighted by Gasteiger charge is -2.37. The lowest BCUT2D eigenvalue weighted by Crippen LogP contribution is -2.37. The number of nitrogens with one attached hydrogen (secondary N) is 2. The maximum absolute atomic E-state index is 14.1. The predicted molar refractivity (Wildman–Crippen MR) is 155 cm³/mol. The minimum Gasteiger partial charge on any atom is -0.496 e. The molecule has 3 aliphatic rings. The molecule has 1 aromatic heterocycles. The van der Waals surface area contributed by atoms with Gasteiger partial charge in [0.05, 0.1) is 19.2 Å². The Morgan fingerprint density at radius 3 is 2.67 bits per heavy atom. The van der Waals surface area contributed by atoms with Crippen LogP contribution in [0.2, 0.25) is 0 Å². The molecule has 2 aliphatic heterocycles. The van der Waals surface area contributed by atoms with E-state index in [1.54, 1.807) is 12.0 Å². The zero-order valence-electron chi connectivity index (χ0n) is 24.0. The molecule has 1 aliphatic carbocycles. The van der Waals surface area contributed by atoms with Gasteiger partial charge in [-0.1, -0.05) is 30.3 Å². The molecule has 2 N–H and O–H groups in total. The fraction of sp³-hybridized carbons (Fsp3) is 0.394. The Hall–Kier alpha value is -3.98. The normalized spacial score (nSPS) is 23.3. The van der Waals surface area contributed by atoms with Gasteiger partial charge in [-0.2, -0.15) is 0 Å². The highest BCUT2D eigenvalue weighted by atomic mass is 19.3. The monoisotopic (exact) mass is 575 g/mol. The van der Waals surface area contributed by atoms with E-state index in [2.05, 4.69) is 10.3 Å². The first-order valence-electron chi connectivity index (χ1n) is 14.4. The first-order valence-corrected chi connectivity index (χ1v) is 14.4. The third-order valence-electron chi connectivity index (χ3n) is 8.57. The van der Waals surface area contributed by atoms with Gasteiger partial charge in [0.15, 0.2) is 5.78 Å². The first kappa shape index (κ1) is 28.2. The summed E-state index contributed by atoms with van der Waals surface area (Å²) in [4.78, 5) is 32.8. The van der Waals surface area contributed by atoms with Gasteiger partial charge in [0.25, 0.3) is 5.92 Å². The Balaban J connectivity index is 1.36. The molecule has 0 saturated carbocycles. The number of Topliss-reactive ketones (excluding diaryl/α,β-unsaturated/α-hetero) is 1. The van der Waals surface area contributed by atoms with Crippen LogP contribution in [-0.2, 0) is 14.3 Å².